The molecule has 1 aromatic rings. The summed E-state index contributed by atoms with van der Waals surface area (Å²) in [5, 5.41) is 8.93. The van der Waals surface area contributed by atoms with Gasteiger partial charge in [-0.3, -0.25) is 4.98 Å². The highest BCUT2D eigenvalue weighted by molar-refractivity contribution is 5.41. The molecule has 0 aromatic carbocycles. The van der Waals surface area contributed by atoms with Gasteiger partial charge >= 0.3 is 6.36 Å². The number of pyridine rings is 1. The van der Waals surface area contributed by atoms with Crippen LogP contribution in [-0.2, 0) is 13.2 Å². The number of hydrogen-bond donors (Lipinski definition) is 2. The highest BCUT2D eigenvalue weighted by Crippen LogP contribution is 2.30. The van der Waals surface area contributed by atoms with Gasteiger partial charge in [0.1, 0.15) is 0 Å². The zero-order valence-electron chi connectivity index (χ0n) is 8.51. The van der Waals surface area contributed by atoms with E-state index in [1.54, 1.807) is 0 Å². The molecule has 0 amide bonds. The number of rotatable bonds is 3. The Bertz CT molecular complexity index is 380. The molecule has 1 aromatic heterocycles. The van der Waals surface area contributed by atoms with Gasteiger partial charge in [0, 0.05) is 23.9 Å². The summed E-state index contributed by atoms with van der Waals surface area (Å²) in [5.41, 5.74) is 5.75. The number of aliphatic hydroxyl groups is 1. The van der Waals surface area contributed by atoms with E-state index in [9.17, 15) is 13.2 Å². The van der Waals surface area contributed by atoms with E-state index in [-0.39, 0.29) is 23.4 Å². The molecule has 16 heavy (non-hydrogen) atoms. The third kappa shape index (κ3) is 2.83. The summed E-state index contributed by atoms with van der Waals surface area (Å²) in [4.78, 5) is 3.70. The first-order chi connectivity index (χ1) is 7.39. The number of nitrogens with zero attached hydrogens (tertiary/aromatic N) is 1. The molecule has 7 heteroatoms. The second kappa shape index (κ2) is 4.67. The zero-order valence-corrected chi connectivity index (χ0v) is 8.51. The first-order valence-corrected chi connectivity index (χ1v) is 4.43. The summed E-state index contributed by atoms with van der Waals surface area (Å²) in [6, 6.07) is 0. The summed E-state index contributed by atoms with van der Waals surface area (Å²) in [5.74, 6) is -0.429. The number of alkyl halides is 3. The zero-order chi connectivity index (χ0) is 12.3. The fraction of sp³-hybridized carbons (Fsp3) is 0.444. The maximum atomic E-state index is 12.1. The Kier molecular flexibility index (Phi) is 3.71. The van der Waals surface area contributed by atoms with E-state index in [0.717, 1.165) is 0 Å². The summed E-state index contributed by atoms with van der Waals surface area (Å²) in [6.45, 7) is 0.778. The average molecular weight is 236 g/mol. The van der Waals surface area contributed by atoms with Gasteiger partial charge in [0.15, 0.2) is 5.75 Å². The summed E-state index contributed by atoms with van der Waals surface area (Å²) in [7, 11) is 0. The fourth-order valence-corrected chi connectivity index (χ4v) is 1.29. The molecule has 3 N–H and O–H groups in total. The van der Waals surface area contributed by atoms with Gasteiger partial charge in [-0.1, -0.05) is 0 Å². The Morgan fingerprint density at radius 3 is 2.56 bits per heavy atom. The number of aryl methyl sites for hydroxylation is 1. The highest BCUT2D eigenvalue weighted by Gasteiger charge is 2.33. The van der Waals surface area contributed by atoms with Crippen molar-refractivity contribution in [3.63, 3.8) is 0 Å². The van der Waals surface area contributed by atoms with Gasteiger partial charge in [0.25, 0.3) is 0 Å². The van der Waals surface area contributed by atoms with Crippen molar-refractivity contribution < 1.29 is 23.0 Å². The van der Waals surface area contributed by atoms with Crippen molar-refractivity contribution in [3.05, 3.63) is 23.0 Å². The lowest BCUT2D eigenvalue weighted by molar-refractivity contribution is -0.275. The van der Waals surface area contributed by atoms with Crippen molar-refractivity contribution in [2.75, 3.05) is 0 Å². The molecule has 0 atom stereocenters. The smallest absolute Gasteiger partial charge is 0.403 e. The molecule has 0 aliphatic carbocycles. The molecular weight excluding hydrogens is 225 g/mol. The number of nitrogens with two attached hydrogens (primary N) is 1. The first-order valence-electron chi connectivity index (χ1n) is 4.43. The Morgan fingerprint density at radius 2 is 2.12 bits per heavy atom. The fourth-order valence-electron chi connectivity index (χ4n) is 1.29. The molecule has 0 radical (unpaired) electrons. The van der Waals surface area contributed by atoms with Crippen LogP contribution in [0.2, 0.25) is 0 Å². The molecule has 0 saturated heterocycles. The van der Waals surface area contributed by atoms with Crippen LogP contribution in [0.25, 0.3) is 0 Å². The van der Waals surface area contributed by atoms with Crippen LogP contribution in [0.4, 0.5) is 13.2 Å². The normalized spacial score (nSPS) is 11.6. The van der Waals surface area contributed by atoms with Crippen LogP contribution in [-0.4, -0.2) is 16.5 Å². The first kappa shape index (κ1) is 12.7. The molecule has 1 heterocycles. The van der Waals surface area contributed by atoms with Crippen LogP contribution >= 0.6 is 0 Å². The van der Waals surface area contributed by atoms with Crippen molar-refractivity contribution >= 4 is 0 Å². The molecule has 0 fully saturated rings. The minimum absolute atomic E-state index is 0.0787. The van der Waals surface area contributed by atoms with Crippen molar-refractivity contribution in [3.8, 4) is 5.75 Å². The molecule has 0 saturated carbocycles. The Morgan fingerprint density at radius 1 is 1.50 bits per heavy atom. The van der Waals surface area contributed by atoms with Gasteiger partial charge in [-0.2, -0.15) is 0 Å². The van der Waals surface area contributed by atoms with Crippen LogP contribution in [0.15, 0.2) is 6.20 Å². The van der Waals surface area contributed by atoms with Crippen molar-refractivity contribution in [1.29, 1.82) is 0 Å². The standard InChI is InChI=1S/C9H11F3N2O2/c1-5-8(16-9(10,11)12)7(2-13)6(4-15)3-14-5/h3,15H,2,4,13H2,1H3. The van der Waals surface area contributed by atoms with Crippen molar-refractivity contribution in [2.24, 2.45) is 5.73 Å². The lowest BCUT2D eigenvalue weighted by Crippen LogP contribution is -2.20. The third-order valence-electron chi connectivity index (χ3n) is 2.00. The second-order valence-electron chi connectivity index (χ2n) is 3.09. The number of hydrogen-bond acceptors (Lipinski definition) is 4. The highest BCUT2D eigenvalue weighted by atomic mass is 19.4. The van der Waals surface area contributed by atoms with E-state index in [1.165, 1.54) is 13.1 Å². The van der Waals surface area contributed by atoms with Crippen LogP contribution in [0.3, 0.4) is 0 Å². The van der Waals surface area contributed by atoms with Crippen molar-refractivity contribution in [2.45, 2.75) is 26.4 Å². The maximum Gasteiger partial charge on any atom is 0.573 e. The summed E-state index contributed by atoms with van der Waals surface area (Å²) < 4.78 is 40.2. The topological polar surface area (TPSA) is 68.4 Å². The third-order valence-corrected chi connectivity index (χ3v) is 2.00. The van der Waals surface area contributed by atoms with Gasteiger partial charge in [-0.05, 0) is 6.92 Å². The van der Waals surface area contributed by atoms with Crippen LogP contribution in [0.1, 0.15) is 16.8 Å². The quantitative estimate of drug-likeness (QED) is 0.828. The molecule has 0 spiro atoms. The number of aromatic nitrogens is 1. The summed E-state index contributed by atoms with van der Waals surface area (Å²) in [6.07, 6.45) is -3.52. The van der Waals surface area contributed by atoms with Gasteiger partial charge < -0.3 is 15.6 Å². The van der Waals surface area contributed by atoms with E-state index in [4.69, 9.17) is 10.8 Å². The monoisotopic (exact) mass is 236 g/mol. The Hall–Kier alpha value is -1.34. The van der Waals surface area contributed by atoms with Crippen LogP contribution in [0.5, 0.6) is 5.75 Å². The number of ether oxygens (including phenoxy) is 1. The van der Waals surface area contributed by atoms with Crippen molar-refractivity contribution in [1.82, 2.24) is 4.98 Å². The molecule has 0 aliphatic heterocycles. The maximum absolute atomic E-state index is 12.1. The molecule has 1 rings (SSSR count). The molecule has 4 nitrogen and oxygen atoms in total. The minimum atomic E-state index is -4.80. The predicted molar refractivity (Wildman–Crippen MR) is 49.5 cm³/mol. The van der Waals surface area contributed by atoms with E-state index in [2.05, 4.69) is 9.72 Å². The number of aliphatic hydroxyl groups excluding tert-OH is 1. The predicted octanol–water partition coefficient (Wildman–Crippen LogP) is 1.24. The van der Waals surface area contributed by atoms with Gasteiger partial charge in [0.05, 0.1) is 12.3 Å². The van der Waals surface area contributed by atoms with E-state index in [1.807, 2.05) is 0 Å². The SMILES string of the molecule is Cc1ncc(CO)c(CN)c1OC(F)(F)F. The molecule has 0 bridgehead atoms. The lowest BCUT2D eigenvalue weighted by Gasteiger charge is -2.16. The van der Waals surface area contributed by atoms with Gasteiger partial charge in [-0.15, -0.1) is 13.2 Å². The molecule has 0 unspecified atom stereocenters. The van der Waals surface area contributed by atoms with Gasteiger partial charge in [0.2, 0.25) is 0 Å². The second-order valence-corrected chi connectivity index (χ2v) is 3.09. The average Bonchev–Trinajstić information content (AvgIpc) is 2.19. The Labute approximate surface area is 89.9 Å². The van der Waals surface area contributed by atoms with E-state index >= 15 is 0 Å². The molecule has 90 valence electrons. The largest absolute Gasteiger partial charge is 0.573 e. The Balaban J connectivity index is 3.23. The number of halogens is 3. The summed E-state index contributed by atoms with van der Waals surface area (Å²) >= 11 is 0. The lowest BCUT2D eigenvalue weighted by atomic mass is 10.1. The molecule has 0 aliphatic rings. The minimum Gasteiger partial charge on any atom is -0.403 e. The van der Waals surface area contributed by atoms with E-state index in [0.29, 0.717) is 0 Å². The van der Waals surface area contributed by atoms with E-state index < -0.39 is 18.7 Å². The van der Waals surface area contributed by atoms with Crippen LogP contribution < -0.4 is 10.5 Å². The van der Waals surface area contributed by atoms with Gasteiger partial charge in [-0.25, -0.2) is 0 Å². The van der Waals surface area contributed by atoms with Crippen LogP contribution in [0, 0.1) is 6.92 Å². The molecular formula is C9H11F3N2O2.